The first kappa shape index (κ1) is 11.3. The number of hydrogen-bond donors (Lipinski definition) is 2. The number of hydrogen-bond acceptors (Lipinski definition) is 4. The lowest BCUT2D eigenvalue weighted by molar-refractivity contribution is 0.243. The Morgan fingerprint density at radius 3 is 2.88 bits per heavy atom. The van der Waals surface area contributed by atoms with Gasteiger partial charge in [-0.25, -0.2) is 4.79 Å². The smallest absolute Gasteiger partial charge is 0.314 e. The number of H-pyrrole nitrogens is 1. The summed E-state index contributed by atoms with van der Waals surface area (Å²) in [5, 5.41) is 3.32. The number of aromatic amines is 1. The molecule has 1 aromatic rings. The van der Waals surface area contributed by atoms with Crippen LogP contribution in [0.25, 0.3) is 0 Å². The van der Waals surface area contributed by atoms with Crippen molar-refractivity contribution in [1.82, 2.24) is 20.2 Å². The van der Waals surface area contributed by atoms with Crippen molar-refractivity contribution in [3.63, 3.8) is 0 Å². The Kier molecular flexibility index (Phi) is 3.69. The maximum atomic E-state index is 11.2. The average molecular weight is 222 g/mol. The van der Waals surface area contributed by atoms with Gasteiger partial charge in [-0.3, -0.25) is 0 Å². The predicted octanol–water partition coefficient (Wildman–Crippen LogP) is -0.474. The zero-order valence-electron chi connectivity index (χ0n) is 9.62. The lowest BCUT2D eigenvalue weighted by Gasteiger charge is -2.26. The summed E-state index contributed by atoms with van der Waals surface area (Å²) in [6.45, 7) is 7.16. The highest BCUT2D eigenvalue weighted by molar-refractivity contribution is 5.06. The highest BCUT2D eigenvalue weighted by atomic mass is 16.1. The van der Waals surface area contributed by atoms with Crippen LogP contribution in [0.4, 0.5) is 0 Å². The Bertz CT molecular complexity index is 395. The third-order valence-corrected chi connectivity index (χ3v) is 2.83. The van der Waals surface area contributed by atoms with Gasteiger partial charge in [-0.1, -0.05) is 0 Å². The molecule has 2 N–H and O–H groups in total. The fourth-order valence-electron chi connectivity index (χ4n) is 1.98. The molecule has 1 aliphatic heterocycles. The second-order valence-electron chi connectivity index (χ2n) is 4.20. The minimum absolute atomic E-state index is 0.240. The fourth-order valence-corrected chi connectivity index (χ4v) is 1.98. The van der Waals surface area contributed by atoms with Gasteiger partial charge in [-0.2, -0.15) is 4.98 Å². The first-order valence-corrected chi connectivity index (χ1v) is 5.74. The van der Waals surface area contributed by atoms with Gasteiger partial charge in [0.1, 0.15) is 0 Å². The molecule has 5 heteroatoms. The average Bonchev–Trinajstić information content (AvgIpc) is 2.27. The quantitative estimate of drug-likeness (QED) is 0.725. The van der Waals surface area contributed by atoms with E-state index in [-0.39, 0.29) is 5.69 Å². The van der Waals surface area contributed by atoms with Crippen LogP contribution in [0, 0.1) is 6.92 Å². The third kappa shape index (κ3) is 3.15. The Hall–Kier alpha value is -1.20. The summed E-state index contributed by atoms with van der Waals surface area (Å²) in [6.07, 6.45) is 0.852. The van der Waals surface area contributed by atoms with Gasteiger partial charge >= 0.3 is 5.69 Å². The summed E-state index contributed by atoms with van der Waals surface area (Å²) in [6, 6.07) is 1.95. The van der Waals surface area contributed by atoms with Gasteiger partial charge in [0.15, 0.2) is 0 Å². The summed E-state index contributed by atoms with van der Waals surface area (Å²) >= 11 is 0. The molecule has 16 heavy (non-hydrogen) atoms. The van der Waals surface area contributed by atoms with Crippen molar-refractivity contribution in [2.45, 2.75) is 13.3 Å². The molecule has 0 radical (unpaired) electrons. The Morgan fingerprint density at radius 1 is 1.44 bits per heavy atom. The zero-order chi connectivity index (χ0) is 11.4. The fraction of sp³-hybridized carbons (Fsp3) is 0.636. The third-order valence-electron chi connectivity index (χ3n) is 2.83. The van der Waals surface area contributed by atoms with Crippen LogP contribution in [0.3, 0.4) is 0 Å². The highest BCUT2D eigenvalue weighted by Gasteiger charge is 2.09. The Balaban J connectivity index is 1.90. The molecule has 2 rings (SSSR count). The van der Waals surface area contributed by atoms with Crippen LogP contribution < -0.4 is 11.0 Å². The van der Waals surface area contributed by atoms with E-state index in [2.05, 4.69) is 20.2 Å². The molecule has 1 saturated heterocycles. The molecule has 0 bridgehead atoms. The maximum absolute atomic E-state index is 11.2. The van der Waals surface area contributed by atoms with E-state index in [0.717, 1.165) is 50.5 Å². The Labute approximate surface area is 94.9 Å². The molecule has 1 fully saturated rings. The second kappa shape index (κ2) is 5.23. The standard InChI is InChI=1S/C11H18N4O/c1-9-8-10(14-11(16)13-9)2-5-15-6-3-12-4-7-15/h8,12H,2-7H2,1H3,(H,13,14,16). The number of rotatable bonds is 3. The SMILES string of the molecule is Cc1cc(CCN2CCNCC2)nc(=O)[nH]1. The largest absolute Gasteiger partial charge is 0.345 e. The summed E-state index contributed by atoms with van der Waals surface area (Å²) in [4.78, 5) is 20.2. The van der Waals surface area contributed by atoms with Gasteiger partial charge in [0.25, 0.3) is 0 Å². The van der Waals surface area contributed by atoms with Crippen molar-refractivity contribution >= 4 is 0 Å². The number of aryl methyl sites for hydroxylation is 1. The van der Waals surface area contributed by atoms with Crippen molar-refractivity contribution in [2.75, 3.05) is 32.7 Å². The van der Waals surface area contributed by atoms with Crippen LogP contribution in [0.5, 0.6) is 0 Å². The van der Waals surface area contributed by atoms with Crippen molar-refractivity contribution < 1.29 is 0 Å². The predicted molar refractivity (Wildman–Crippen MR) is 62.6 cm³/mol. The van der Waals surface area contributed by atoms with E-state index in [0.29, 0.717) is 0 Å². The molecule has 0 spiro atoms. The van der Waals surface area contributed by atoms with Crippen LogP contribution in [0.2, 0.25) is 0 Å². The molecule has 1 aliphatic rings. The molecule has 0 atom stereocenters. The van der Waals surface area contributed by atoms with Crippen LogP contribution in [0.1, 0.15) is 11.4 Å². The molecular formula is C11H18N4O. The van der Waals surface area contributed by atoms with Crippen LogP contribution >= 0.6 is 0 Å². The maximum Gasteiger partial charge on any atom is 0.345 e. The van der Waals surface area contributed by atoms with Gasteiger partial charge in [0.2, 0.25) is 0 Å². The summed E-state index contributed by atoms with van der Waals surface area (Å²) in [7, 11) is 0. The topological polar surface area (TPSA) is 61.0 Å². The van der Waals surface area contributed by atoms with E-state index >= 15 is 0 Å². The first-order valence-electron chi connectivity index (χ1n) is 5.74. The molecular weight excluding hydrogens is 204 g/mol. The van der Waals surface area contributed by atoms with E-state index < -0.39 is 0 Å². The van der Waals surface area contributed by atoms with Crippen LogP contribution in [-0.4, -0.2) is 47.6 Å². The first-order chi connectivity index (χ1) is 7.74. The van der Waals surface area contributed by atoms with E-state index in [1.807, 2.05) is 13.0 Å². The zero-order valence-corrected chi connectivity index (χ0v) is 9.62. The molecule has 2 heterocycles. The Morgan fingerprint density at radius 2 is 2.19 bits per heavy atom. The van der Waals surface area contributed by atoms with Crippen LogP contribution in [0.15, 0.2) is 10.9 Å². The van der Waals surface area contributed by atoms with Gasteiger partial charge in [0.05, 0.1) is 0 Å². The van der Waals surface area contributed by atoms with E-state index in [9.17, 15) is 4.79 Å². The molecule has 0 unspecified atom stereocenters. The van der Waals surface area contributed by atoms with Crippen molar-refractivity contribution in [3.8, 4) is 0 Å². The van der Waals surface area contributed by atoms with Gasteiger partial charge in [-0.05, 0) is 13.0 Å². The minimum Gasteiger partial charge on any atom is -0.314 e. The van der Waals surface area contributed by atoms with Crippen molar-refractivity contribution in [1.29, 1.82) is 0 Å². The molecule has 88 valence electrons. The minimum atomic E-state index is -0.240. The van der Waals surface area contributed by atoms with E-state index in [1.54, 1.807) is 0 Å². The molecule has 1 aromatic heterocycles. The lowest BCUT2D eigenvalue weighted by atomic mass is 10.2. The van der Waals surface area contributed by atoms with Crippen molar-refractivity contribution in [2.24, 2.45) is 0 Å². The molecule has 0 aromatic carbocycles. The molecule has 0 aliphatic carbocycles. The van der Waals surface area contributed by atoms with E-state index in [1.165, 1.54) is 0 Å². The number of aromatic nitrogens is 2. The number of nitrogens with one attached hydrogen (secondary N) is 2. The summed E-state index contributed by atoms with van der Waals surface area (Å²) in [5.41, 5.74) is 1.53. The highest BCUT2D eigenvalue weighted by Crippen LogP contribution is 1.99. The van der Waals surface area contributed by atoms with Crippen LogP contribution in [-0.2, 0) is 6.42 Å². The second-order valence-corrected chi connectivity index (χ2v) is 4.20. The summed E-state index contributed by atoms with van der Waals surface area (Å²) in [5.74, 6) is 0. The molecule has 0 amide bonds. The molecule has 0 saturated carbocycles. The van der Waals surface area contributed by atoms with Gasteiger partial charge in [-0.15, -0.1) is 0 Å². The normalized spacial score (nSPS) is 17.6. The number of nitrogens with zero attached hydrogens (tertiary/aromatic N) is 2. The summed E-state index contributed by atoms with van der Waals surface area (Å²) < 4.78 is 0. The monoisotopic (exact) mass is 222 g/mol. The lowest BCUT2D eigenvalue weighted by Crippen LogP contribution is -2.44. The van der Waals surface area contributed by atoms with E-state index in [4.69, 9.17) is 0 Å². The molecule has 5 nitrogen and oxygen atoms in total. The van der Waals surface area contributed by atoms with Crippen molar-refractivity contribution in [3.05, 3.63) is 27.9 Å². The van der Waals surface area contributed by atoms with Gasteiger partial charge < -0.3 is 15.2 Å². The van der Waals surface area contributed by atoms with Gasteiger partial charge in [0, 0.05) is 50.5 Å². The number of piperazine rings is 1.